The highest BCUT2D eigenvalue weighted by molar-refractivity contribution is 5.76. The summed E-state index contributed by atoms with van der Waals surface area (Å²) in [5, 5.41) is 0. The van der Waals surface area contributed by atoms with Gasteiger partial charge in [-0.1, -0.05) is 0 Å². The maximum absolute atomic E-state index is 11.9. The number of hydrogen-bond acceptors (Lipinski definition) is 3. The van der Waals surface area contributed by atoms with Gasteiger partial charge in [0, 0.05) is 26.1 Å². The maximum atomic E-state index is 11.9. The molecule has 0 spiro atoms. The molecule has 0 atom stereocenters. The standard InChI is InChI=1S/C13H27N3O/c1-15(2)11-12-6-9-16(10-7-12)13(17)5-3-4-8-14/h12H,3-11,14H2,1-2H3. The molecule has 4 heteroatoms. The zero-order valence-corrected chi connectivity index (χ0v) is 11.3. The lowest BCUT2D eigenvalue weighted by molar-refractivity contribution is -0.132. The Bertz CT molecular complexity index is 223. The second kappa shape index (κ2) is 7.67. The molecule has 1 aliphatic heterocycles. The zero-order valence-electron chi connectivity index (χ0n) is 11.3. The van der Waals surface area contributed by atoms with Gasteiger partial charge in [-0.05, 0) is 52.2 Å². The highest BCUT2D eigenvalue weighted by Crippen LogP contribution is 2.18. The SMILES string of the molecule is CN(C)CC1CCN(C(=O)CCCCN)CC1. The summed E-state index contributed by atoms with van der Waals surface area (Å²) >= 11 is 0. The molecule has 1 heterocycles. The fourth-order valence-corrected chi connectivity index (χ4v) is 2.46. The molecule has 0 aliphatic carbocycles. The van der Waals surface area contributed by atoms with E-state index in [1.54, 1.807) is 0 Å². The third-order valence-corrected chi connectivity index (χ3v) is 3.44. The topological polar surface area (TPSA) is 49.6 Å². The van der Waals surface area contributed by atoms with Gasteiger partial charge in [-0.25, -0.2) is 0 Å². The molecule has 1 saturated heterocycles. The number of hydrogen-bond donors (Lipinski definition) is 1. The number of unbranched alkanes of at least 4 members (excludes halogenated alkanes) is 1. The van der Waals surface area contributed by atoms with Crippen LogP contribution in [0.15, 0.2) is 0 Å². The van der Waals surface area contributed by atoms with Crippen molar-refractivity contribution >= 4 is 5.91 Å². The normalized spacial score (nSPS) is 17.8. The Morgan fingerprint density at radius 1 is 1.29 bits per heavy atom. The van der Waals surface area contributed by atoms with Crippen molar-refractivity contribution in [2.45, 2.75) is 32.1 Å². The third-order valence-electron chi connectivity index (χ3n) is 3.44. The fraction of sp³-hybridized carbons (Fsp3) is 0.923. The van der Waals surface area contributed by atoms with Crippen LogP contribution in [0.5, 0.6) is 0 Å². The molecule has 0 saturated carbocycles. The summed E-state index contributed by atoms with van der Waals surface area (Å²) in [7, 11) is 4.23. The van der Waals surface area contributed by atoms with Crippen molar-refractivity contribution < 1.29 is 4.79 Å². The first kappa shape index (κ1) is 14.5. The van der Waals surface area contributed by atoms with Crippen molar-refractivity contribution in [2.75, 3.05) is 40.3 Å². The molecule has 0 aromatic rings. The number of rotatable bonds is 6. The molecule has 0 unspecified atom stereocenters. The van der Waals surface area contributed by atoms with E-state index in [-0.39, 0.29) is 0 Å². The fourth-order valence-electron chi connectivity index (χ4n) is 2.46. The van der Waals surface area contributed by atoms with Gasteiger partial charge in [0.1, 0.15) is 0 Å². The van der Waals surface area contributed by atoms with Crippen LogP contribution >= 0.6 is 0 Å². The second-order valence-electron chi connectivity index (χ2n) is 5.33. The number of carbonyl (C=O) groups is 1. The summed E-state index contributed by atoms with van der Waals surface area (Å²) in [5.74, 6) is 1.08. The minimum Gasteiger partial charge on any atom is -0.343 e. The maximum Gasteiger partial charge on any atom is 0.222 e. The van der Waals surface area contributed by atoms with E-state index in [9.17, 15) is 4.79 Å². The monoisotopic (exact) mass is 241 g/mol. The molecule has 0 bridgehead atoms. The largest absolute Gasteiger partial charge is 0.343 e. The predicted molar refractivity (Wildman–Crippen MR) is 70.8 cm³/mol. The van der Waals surface area contributed by atoms with E-state index in [1.807, 2.05) is 4.90 Å². The molecule has 1 amide bonds. The Kier molecular flexibility index (Phi) is 6.52. The van der Waals surface area contributed by atoms with Crippen molar-refractivity contribution in [2.24, 2.45) is 11.7 Å². The van der Waals surface area contributed by atoms with Gasteiger partial charge in [0.05, 0.1) is 0 Å². The molecule has 1 rings (SSSR count). The first-order valence-corrected chi connectivity index (χ1v) is 6.76. The van der Waals surface area contributed by atoms with E-state index in [2.05, 4.69) is 19.0 Å². The first-order chi connectivity index (χ1) is 8.13. The van der Waals surface area contributed by atoms with Crippen LogP contribution in [0.3, 0.4) is 0 Å². The summed E-state index contributed by atoms with van der Waals surface area (Å²) in [6.45, 7) is 3.73. The Balaban J connectivity index is 2.19. The highest BCUT2D eigenvalue weighted by Gasteiger charge is 2.22. The molecule has 1 aliphatic rings. The summed E-state index contributed by atoms with van der Waals surface area (Å²) in [5.41, 5.74) is 5.43. The van der Waals surface area contributed by atoms with Crippen molar-refractivity contribution in [3.05, 3.63) is 0 Å². The van der Waals surface area contributed by atoms with Crippen LogP contribution in [0.25, 0.3) is 0 Å². The minimum atomic E-state index is 0.321. The smallest absolute Gasteiger partial charge is 0.222 e. The second-order valence-corrected chi connectivity index (χ2v) is 5.33. The van der Waals surface area contributed by atoms with E-state index in [0.717, 1.165) is 51.2 Å². The van der Waals surface area contributed by atoms with Crippen molar-refractivity contribution in [1.82, 2.24) is 9.80 Å². The molecule has 4 nitrogen and oxygen atoms in total. The van der Waals surface area contributed by atoms with Gasteiger partial charge in [-0.15, -0.1) is 0 Å². The van der Waals surface area contributed by atoms with Crippen LogP contribution in [0.4, 0.5) is 0 Å². The Hall–Kier alpha value is -0.610. The number of nitrogens with two attached hydrogens (primary N) is 1. The number of likely N-dealkylation sites (tertiary alicyclic amines) is 1. The van der Waals surface area contributed by atoms with Crippen LogP contribution < -0.4 is 5.73 Å². The third kappa shape index (κ3) is 5.50. The molecule has 1 fully saturated rings. The van der Waals surface area contributed by atoms with E-state index >= 15 is 0 Å². The van der Waals surface area contributed by atoms with Gasteiger partial charge in [0.15, 0.2) is 0 Å². The first-order valence-electron chi connectivity index (χ1n) is 6.76. The lowest BCUT2D eigenvalue weighted by Crippen LogP contribution is -2.40. The molecule has 0 aromatic carbocycles. The van der Waals surface area contributed by atoms with Crippen LogP contribution in [0.1, 0.15) is 32.1 Å². The van der Waals surface area contributed by atoms with Gasteiger partial charge >= 0.3 is 0 Å². The van der Waals surface area contributed by atoms with Crippen molar-refractivity contribution in [3.63, 3.8) is 0 Å². The quantitative estimate of drug-likeness (QED) is 0.703. The Morgan fingerprint density at radius 2 is 1.94 bits per heavy atom. The molecule has 100 valence electrons. The van der Waals surface area contributed by atoms with Crippen LogP contribution in [-0.2, 0) is 4.79 Å². The summed E-state index contributed by atoms with van der Waals surface area (Å²) in [4.78, 5) is 16.1. The van der Waals surface area contributed by atoms with Gasteiger partial charge < -0.3 is 15.5 Å². The number of nitrogens with zero attached hydrogens (tertiary/aromatic N) is 2. The molecule has 0 radical (unpaired) electrons. The molecular formula is C13H27N3O. The molecule has 17 heavy (non-hydrogen) atoms. The van der Waals surface area contributed by atoms with Crippen molar-refractivity contribution in [1.29, 1.82) is 0 Å². The lowest BCUT2D eigenvalue weighted by Gasteiger charge is -2.33. The van der Waals surface area contributed by atoms with Gasteiger partial charge in [-0.3, -0.25) is 4.79 Å². The molecular weight excluding hydrogens is 214 g/mol. The van der Waals surface area contributed by atoms with E-state index in [4.69, 9.17) is 5.73 Å². The minimum absolute atomic E-state index is 0.321. The predicted octanol–water partition coefficient (Wildman–Crippen LogP) is 0.916. The zero-order chi connectivity index (χ0) is 12.7. The Labute approximate surface area is 105 Å². The van der Waals surface area contributed by atoms with E-state index in [1.165, 1.54) is 0 Å². The number of amides is 1. The van der Waals surface area contributed by atoms with Gasteiger partial charge in [-0.2, -0.15) is 0 Å². The van der Waals surface area contributed by atoms with Crippen molar-refractivity contribution in [3.8, 4) is 0 Å². The lowest BCUT2D eigenvalue weighted by atomic mass is 9.96. The van der Waals surface area contributed by atoms with Crippen LogP contribution in [-0.4, -0.2) is 56.0 Å². The number of carbonyl (C=O) groups excluding carboxylic acids is 1. The Morgan fingerprint density at radius 3 is 2.47 bits per heavy atom. The van der Waals surface area contributed by atoms with Gasteiger partial charge in [0.25, 0.3) is 0 Å². The number of piperidine rings is 1. The summed E-state index contributed by atoms with van der Waals surface area (Å²) < 4.78 is 0. The average Bonchev–Trinajstić information content (AvgIpc) is 2.29. The van der Waals surface area contributed by atoms with E-state index < -0.39 is 0 Å². The molecule has 0 aromatic heterocycles. The average molecular weight is 241 g/mol. The summed E-state index contributed by atoms with van der Waals surface area (Å²) in [6.07, 6.45) is 4.88. The molecule has 2 N–H and O–H groups in total. The van der Waals surface area contributed by atoms with Crippen LogP contribution in [0, 0.1) is 5.92 Å². The van der Waals surface area contributed by atoms with E-state index in [0.29, 0.717) is 18.9 Å². The van der Waals surface area contributed by atoms with Gasteiger partial charge in [0.2, 0.25) is 5.91 Å². The summed E-state index contributed by atoms with van der Waals surface area (Å²) in [6, 6.07) is 0. The highest BCUT2D eigenvalue weighted by atomic mass is 16.2. The van der Waals surface area contributed by atoms with Crippen LogP contribution in [0.2, 0.25) is 0 Å².